The Morgan fingerprint density at radius 3 is 2.71 bits per heavy atom. The summed E-state index contributed by atoms with van der Waals surface area (Å²) in [6.45, 7) is 4.53. The Morgan fingerprint density at radius 1 is 1.25 bits per heavy atom. The first kappa shape index (κ1) is 19.0. The van der Waals surface area contributed by atoms with Gasteiger partial charge in [-0.3, -0.25) is 14.9 Å². The second-order valence-electron chi connectivity index (χ2n) is 6.15. The zero-order valence-electron chi connectivity index (χ0n) is 14.9. The van der Waals surface area contributed by atoms with Gasteiger partial charge in [0.15, 0.2) is 9.47 Å². The van der Waals surface area contributed by atoms with Crippen molar-refractivity contribution in [2.45, 2.75) is 11.3 Å². The number of carbonyl (C=O) groups excluding carboxylic acids is 1. The van der Waals surface area contributed by atoms with Gasteiger partial charge >= 0.3 is 0 Å². The van der Waals surface area contributed by atoms with E-state index in [9.17, 15) is 14.9 Å². The summed E-state index contributed by atoms with van der Waals surface area (Å²) in [6, 6.07) is 4.71. The van der Waals surface area contributed by atoms with E-state index in [-0.39, 0.29) is 11.6 Å². The highest BCUT2D eigenvalue weighted by atomic mass is 32.2. The van der Waals surface area contributed by atoms with E-state index in [0.717, 1.165) is 24.7 Å². The monoisotopic (exact) mass is 436 g/mol. The number of carbonyl (C=O) groups is 1. The molecule has 4 rings (SSSR count). The van der Waals surface area contributed by atoms with Gasteiger partial charge in [0.2, 0.25) is 5.91 Å². The molecule has 0 radical (unpaired) electrons. The fourth-order valence-electron chi connectivity index (χ4n) is 2.85. The van der Waals surface area contributed by atoms with Gasteiger partial charge in [-0.25, -0.2) is 4.98 Å². The van der Waals surface area contributed by atoms with E-state index in [1.165, 1.54) is 40.5 Å². The summed E-state index contributed by atoms with van der Waals surface area (Å²) in [5, 5.41) is 20.6. The van der Waals surface area contributed by atoms with Crippen molar-refractivity contribution in [3.63, 3.8) is 0 Å². The number of amides is 1. The summed E-state index contributed by atoms with van der Waals surface area (Å²) in [5.41, 5.74) is 0.828. The van der Waals surface area contributed by atoms with Crippen molar-refractivity contribution < 1.29 is 9.72 Å². The molecule has 3 aromatic rings. The van der Waals surface area contributed by atoms with E-state index in [1.54, 1.807) is 12.1 Å². The Labute approximate surface area is 172 Å². The van der Waals surface area contributed by atoms with Crippen molar-refractivity contribution in [3.05, 3.63) is 33.3 Å². The van der Waals surface area contributed by atoms with Crippen LogP contribution in [0.4, 0.5) is 10.8 Å². The van der Waals surface area contributed by atoms with E-state index in [0.29, 0.717) is 31.9 Å². The number of piperazine rings is 1. The van der Waals surface area contributed by atoms with Crippen LogP contribution in [-0.2, 0) is 4.79 Å². The summed E-state index contributed by atoms with van der Waals surface area (Å²) < 4.78 is 1.61. The first-order chi connectivity index (χ1) is 13.5. The van der Waals surface area contributed by atoms with Gasteiger partial charge in [-0.05, 0) is 13.0 Å². The molecule has 0 spiro atoms. The highest BCUT2D eigenvalue weighted by molar-refractivity contribution is 8.01. The van der Waals surface area contributed by atoms with Crippen LogP contribution in [0.25, 0.3) is 10.2 Å². The van der Waals surface area contributed by atoms with Crippen molar-refractivity contribution in [1.29, 1.82) is 0 Å². The quantitative estimate of drug-likeness (QED) is 0.341. The predicted molar refractivity (Wildman–Crippen MR) is 110 cm³/mol. The van der Waals surface area contributed by atoms with Gasteiger partial charge in [0, 0.05) is 38.3 Å². The minimum Gasteiger partial charge on any atom is -0.345 e. The summed E-state index contributed by atoms with van der Waals surface area (Å²) >= 11 is 4.36. The van der Waals surface area contributed by atoms with Crippen LogP contribution in [0.15, 0.2) is 22.5 Å². The molecular formula is C16H16N6O3S3. The smallest absolute Gasteiger partial charge is 0.270 e. The first-order valence-electron chi connectivity index (χ1n) is 8.50. The molecule has 2 aromatic heterocycles. The highest BCUT2D eigenvalue weighted by Gasteiger charge is 2.23. The van der Waals surface area contributed by atoms with Crippen LogP contribution < -0.4 is 4.90 Å². The van der Waals surface area contributed by atoms with Crippen LogP contribution in [0.2, 0.25) is 0 Å². The Bertz CT molecular complexity index is 1030. The van der Waals surface area contributed by atoms with Crippen molar-refractivity contribution in [1.82, 2.24) is 20.1 Å². The molecule has 146 valence electrons. The lowest BCUT2D eigenvalue weighted by Gasteiger charge is -2.34. The number of aromatic nitrogens is 3. The molecule has 1 aliphatic heterocycles. The summed E-state index contributed by atoms with van der Waals surface area (Å²) in [6.07, 6.45) is 0. The molecular weight excluding hydrogens is 420 g/mol. The van der Waals surface area contributed by atoms with Crippen LogP contribution in [-0.4, -0.2) is 62.8 Å². The molecule has 9 nitrogen and oxygen atoms in total. The maximum atomic E-state index is 12.4. The van der Waals surface area contributed by atoms with E-state index >= 15 is 0 Å². The number of nitro benzene ring substituents is 1. The topological polar surface area (TPSA) is 105 Å². The number of hydrogen-bond acceptors (Lipinski definition) is 10. The van der Waals surface area contributed by atoms with Gasteiger partial charge in [-0.2, -0.15) is 0 Å². The molecule has 0 saturated carbocycles. The molecule has 0 aliphatic carbocycles. The third-order valence-corrected chi connectivity index (χ3v) is 7.34. The number of thioether (sulfide) groups is 1. The third kappa shape index (κ3) is 4.08. The molecule has 1 amide bonds. The Hall–Kier alpha value is -2.31. The first-order valence-corrected chi connectivity index (χ1v) is 11.1. The number of rotatable bonds is 5. The van der Waals surface area contributed by atoms with Gasteiger partial charge in [-0.15, -0.1) is 10.2 Å². The molecule has 0 N–H and O–H groups in total. The molecule has 0 atom stereocenters. The van der Waals surface area contributed by atoms with Gasteiger partial charge in [-0.1, -0.05) is 34.4 Å². The summed E-state index contributed by atoms with van der Waals surface area (Å²) in [5.74, 6) is 0.455. The van der Waals surface area contributed by atoms with Crippen LogP contribution in [0.3, 0.4) is 0 Å². The van der Waals surface area contributed by atoms with Gasteiger partial charge in [0.1, 0.15) is 5.01 Å². The number of thiazole rings is 1. The number of benzene rings is 1. The van der Waals surface area contributed by atoms with Crippen LogP contribution in [0.5, 0.6) is 0 Å². The minimum absolute atomic E-state index is 0.0706. The van der Waals surface area contributed by atoms with Gasteiger partial charge in [0.25, 0.3) is 5.69 Å². The van der Waals surface area contributed by atoms with E-state index in [2.05, 4.69) is 20.1 Å². The average molecular weight is 437 g/mol. The van der Waals surface area contributed by atoms with Crippen LogP contribution in [0.1, 0.15) is 5.01 Å². The number of non-ortho nitro benzene ring substituents is 1. The van der Waals surface area contributed by atoms with E-state index in [4.69, 9.17) is 0 Å². The Morgan fingerprint density at radius 2 is 2.04 bits per heavy atom. The predicted octanol–water partition coefficient (Wildman–Crippen LogP) is 2.81. The number of aryl methyl sites for hydroxylation is 1. The number of hydrogen-bond donors (Lipinski definition) is 0. The lowest BCUT2D eigenvalue weighted by atomic mass is 10.3. The summed E-state index contributed by atoms with van der Waals surface area (Å²) in [7, 11) is 0. The normalized spacial score (nSPS) is 14.6. The lowest BCUT2D eigenvalue weighted by Crippen LogP contribution is -2.49. The molecule has 1 saturated heterocycles. The number of nitrogens with zero attached hydrogens (tertiary/aromatic N) is 6. The van der Waals surface area contributed by atoms with Crippen molar-refractivity contribution in [2.24, 2.45) is 0 Å². The molecule has 12 heteroatoms. The Kier molecular flexibility index (Phi) is 5.42. The van der Waals surface area contributed by atoms with Crippen molar-refractivity contribution in [2.75, 3.05) is 36.8 Å². The van der Waals surface area contributed by atoms with E-state index in [1.807, 2.05) is 11.8 Å². The number of anilines is 1. The van der Waals surface area contributed by atoms with Gasteiger partial charge < -0.3 is 9.80 Å². The van der Waals surface area contributed by atoms with Gasteiger partial charge in [0.05, 0.1) is 20.9 Å². The van der Waals surface area contributed by atoms with E-state index < -0.39 is 4.92 Å². The molecule has 0 bridgehead atoms. The van der Waals surface area contributed by atoms with Crippen molar-refractivity contribution >= 4 is 61.4 Å². The Balaban J connectivity index is 1.35. The molecule has 1 fully saturated rings. The average Bonchev–Trinajstić information content (AvgIpc) is 3.31. The zero-order chi connectivity index (χ0) is 19.7. The molecule has 1 aliphatic rings. The molecule has 3 heterocycles. The number of nitro groups is 1. The molecule has 0 unspecified atom stereocenters. The fourth-order valence-corrected chi connectivity index (χ4v) is 5.62. The standard InChI is InChI=1S/C16H16N6O3S3/c1-10-18-19-16(27-10)26-9-14(23)20-4-6-21(7-5-20)15-17-12-3-2-11(22(24)25)8-13(12)28-15/h2-3,8H,4-7,9H2,1H3. The second kappa shape index (κ2) is 7.97. The fraction of sp³-hybridized carbons (Fsp3) is 0.375. The molecule has 28 heavy (non-hydrogen) atoms. The second-order valence-corrected chi connectivity index (χ2v) is 9.56. The SMILES string of the molecule is Cc1nnc(SCC(=O)N2CCN(c3nc4ccc([N+](=O)[O-])cc4s3)CC2)s1. The van der Waals surface area contributed by atoms with Crippen LogP contribution >= 0.6 is 34.4 Å². The lowest BCUT2D eigenvalue weighted by molar-refractivity contribution is -0.384. The third-order valence-electron chi connectivity index (χ3n) is 4.30. The number of fused-ring (bicyclic) bond motifs is 1. The highest BCUT2D eigenvalue weighted by Crippen LogP contribution is 2.32. The van der Waals surface area contributed by atoms with Crippen LogP contribution in [0, 0.1) is 17.0 Å². The summed E-state index contributed by atoms with van der Waals surface area (Å²) in [4.78, 5) is 31.5. The van der Waals surface area contributed by atoms with Crippen molar-refractivity contribution in [3.8, 4) is 0 Å². The molecule has 1 aromatic carbocycles. The maximum absolute atomic E-state index is 12.4. The maximum Gasteiger partial charge on any atom is 0.270 e. The minimum atomic E-state index is -0.398. The largest absolute Gasteiger partial charge is 0.345 e. The zero-order valence-corrected chi connectivity index (χ0v) is 17.3.